The molecule has 7 heteroatoms. The number of likely N-dealkylation sites (tertiary alicyclic amines) is 1. The van der Waals surface area contributed by atoms with Gasteiger partial charge in [0, 0.05) is 19.2 Å². The Morgan fingerprint density at radius 3 is 2.55 bits per heavy atom. The Balaban J connectivity index is 2.34. The van der Waals surface area contributed by atoms with Gasteiger partial charge in [0.2, 0.25) is 0 Å². The lowest BCUT2D eigenvalue weighted by atomic mass is 9.70. The molecule has 0 radical (unpaired) electrons. The number of hydrogen-bond acceptors (Lipinski definition) is 7. The zero-order valence-electron chi connectivity index (χ0n) is 13.2. The molecule has 0 spiro atoms. The summed E-state index contributed by atoms with van der Waals surface area (Å²) >= 11 is 0. The highest BCUT2D eigenvalue weighted by Crippen LogP contribution is 2.53. The normalized spacial score (nSPS) is 29.1. The SMILES string of the molecule is COC(=O)CCN1C[C@@H](C(=O)OC)[C@@]2(O)C1=CC(=O)C2(C)C. The molecule has 122 valence electrons. The number of rotatable bonds is 4. The summed E-state index contributed by atoms with van der Waals surface area (Å²) in [6, 6.07) is 0. The fourth-order valence-electron chi connectivity index (χ4n) is 3.25. The van der Waals surface area contributed by atoms with Crippen molar-refractivity contribution in [1.29, 1.82) is 0 Å². The number of ketones is 1. The number of aliphatic hydroxyl groups is 1. The summed E-state index contributed by atoms with van der Waals surface area (Å²) < 4.78 is 9.37. The molecule has 0 saturated carbocycles. The van der Waals surface area contributed by atoms with Crippen LogP contribution in [0.2, 0.25) is 0 Å². The summed E-state index contributed by atoms with van der Waals surface area (Å²) in [6.07, 6.45) is 1.46. The zero-order valence-corrected chi connectivity index (χ0v) is 13.2. The predicted octanol–water partition coefficient (Wildman–Crippen LogP) is -0.122. The second-order valence-corrected chi connectivity index (χ2v) is 6.13. The molecule has 0 aromatic carbocycles. The van der Waals surface area contributed by atoms with Crippen LogP contribution in [-0.4, -0.2) is 60.6 Å². The van der Waals surface area contributed by atoms with Crippen molar-refractivity contribution in [2.75, 3.05) is 27.3 Å². The van der Waals surface area contributed by atoms with Gasteiger partial charge in [-0.15, -0.1) is 0 Å². The van der Waals surface area contributed by atoms with Gasteiger partial charge in [-0.1, -0.05) is 0 Å². The van der Waals surface area contributed by atoms with E-state index in [4.69, 9.17) is 4.74 Å². The first kappa shape index (κ1) is 16.5. The first-order chi connectivity index (χ1) is 10.2. The maximum absolute atomic E-state index is 12.2. The molecular weight excluding hydrogens is 290 g/mol. The third kappa shape index (κ3) is 2.11. The Morgan fingerprint density at radius 1 is 1.36 bits per heavy atom. The lowest BCUT2D eigenvalue weighted by Gasteiger charge is -2.37. The van der Waals surface area contributed by atoms with E-state index in [1.165, 1.54) is 20.3 Å². The van der Waals surface area contributed by atoms with Crippen LogP contribution in [-0.2, 0) is 23.9 Å². The topological polar surface area (TPSA) is 93.1 Å². The maximum atomic E-state index is 12.2. The first-order valence-corrected chi connectivity index (χ1v) is 7.08. The molecular formula is C15H21NO6. The standard InChI is InChI=1S/C15H21NO6/c1-14(2)11(17)7-10-15(14,20)9(13(19)22-4)8-16(10)6-5-12(18)21-3/h7,9,20H,5-6,8H2,1-4H3/t9-,15+/m0/s1. The molecule has 1 fully saturated rings. The lowest BCUT2D eigenvalue weighted by molar-refractivity contribution is -0.159. The number of allylic oxidation sites excluding steroid dienone is 1. The fraction of sp³-hybridized carbons (Fsp3) is 0.667. The van der Waals surface area contributed by atoms with Gasteiger partial charge < -0.3 is 19.5 Å². The quantitative estimate of drug-likeness (QED) is 0.723. The van der Waals surface area contributed by atoms with Crippen LogP contribution in [0.3, 0.4) is 0 Å². The van der Waals surface area contributed by atoms with Gasteiger partial charge in [-0.3, -0.25) is 14.4 Å². The van der Waals surface area contributed by atoms with Gasteiger partial charge in [0.05, 0.1) is 31.8 Å². The molecule has 0 aromatic heterocycles. The summed E-state index contributed by atoms with van der Waals surface area (Å²) in [6.45, 7) is 3.68. The van der Waals surface area contributed by atoms with E-state index in [9.17, 15) is 19.5 Å². The molecule has 1 N–H and O–H groups in total. The van der Waals surface area contributed by atoms with Crippen LogP contribution in [0.5, 0.6) is 0 Å². The Bertz CT molecular complexity index is 552. The van der Waals surface area contributed by atoms with Crippen LogP contribution in [0.25, 0.3) is 0 Å². The third-order valence-electron chi connectivity index (χ3n) is 4.77. The molecule has 1 saturated heterocycles. The molecule has 7 nitrogen and oxygen atoms in total. The molecule has 22 heavy (non-hydrogen) atoms. The molecule has 2 atom stereocenters. The summed E-state index contributed by atoms with van der Waals surface area (Å²) in [5, 5.41) is 11.1. The van der Waals surface area contributed by atoms with Crippen molar-refractivity contribution >= 4 is 17.7 Å². The number of hydrogen-bond donors (Lipinski definition) is 1. The van der Waals surface area contributed by atoms with E-state index in [1.54, 1.807) is 18.7 Å². The zero-order chi connectivity index (χ0) is 16.7. The number of esters is 2. The van der Waals surface area contributed by atoms with E-state index >= 15 is 0 Å². The highest BCUT2D eigenvalue weighted by Gasteiger charge is 2.66. The fourth-order valence-corrected chi connectivity index (χ4v) is 3.25. The summed E-state index contributed by atoms with van der Waals surface area (Å²) in [5.74, 6) is -2.09. The second kappa shape index (κ2) is 5.39. The smallest absolute Gasteiger partial charge is 0.313 e. The van der Waals surface area contributed by atoms with Crippen LogP contribution >= 0.6 is 0 Å². The number of methoxy groups -OCH3 is 2. The molecule has 0 amide bonds. The average molecular weight is 311 g/mol. The van der Waals surface area contributed by atoms with Crippen molar-refractivity contribution < 1.29 is 29.0 Å². The van der Waals surface area contributed by atoms with E-state index < -0.39 is 28.9 Å². The summed E-state index contributed by atoms with van der Waals surface area (Å²) in [4.78, 5) is 37.3. The molecule has 0 aromatic rings. The number of ether oxygens (including phenoxy) is 2. The molecule has 2 aliphatic rings. The Labute approximate surface area is 128 Å². The van der Waals surface area contributed by atoms with Crippen molar-refractivity contribution in [3.05, 3.63) is 11.8 Å². The minimum atomic E-state index is -1.62. The van der Waals surface area contributed by atoms with Crippen molar-refractivity contribution in [3.8, 4) is 0 Å². The molecule has 0 bridgehead atoms. The van der Waals surface area contributed by atoms with Crippen LogP contribution in [0.4, 0.5) is 0 Å². The lowest BCUT2D eigenvalue weighted by Crippen LogP contribution is -2.52. The molecule has 2 rings (SSSR count). The predicted molar refractivity (Wildman–Crippen MR) is 75.5 cm³/mol. The highest BCUT2D eigenvalue weighted by molar-refractivity contribution is 6.01. The largest absolute Gasteiger partial charge is 0.469 e. The minimum Gasteiger partial charge on any atom is -0.469 e. The number of carbonyl (C=O) groups excluding carboxylic acids is 3. The van der Waals surface area contributed by atoms with E-state index in [-0.39, 0.29) is 25.3 Å². The summed E-state index contributed by atoms with van der Waals surface area (Å²) in [7, 11) is 2.54. The first-order valence-electron chi connectivity index (χ1n) is 7.08. The monoisotopic (exact) mass is 311 g/mol. The third-order valence-corrected chi connectivity index (χ3v) is 4.77. The maximum Gasteiger partial charge on any atom is 0.313 e. The van der Waals surface area contributed by atoms with Crippen LogP contribution in [0.1, 0.15) is 20.3 Å². The summed E-state index contributed by atoms with van der Waals surface area (Å²) in [5.41, 5.74) is -2.36. The highest BCUT2D eigenvalue weighted by atomic mass is 16.5. The van der Waals surface area contributed by atoms with Crippen LogP contribution < -0.4 is 0 Å². The van der Waals surface area contributed by atoms with Gasteiger partial charge in [0.1, 0.15) is 11.5 Å². The van der Waals surface area contributed by atoms with Gasteiger partial charge in [-0.25, -0.2) is 0 Å². The van der Waals surface area contributed by atoms with Gasteiger partial charge in [-0.2, -0.15) is 0 Å². The second-order valence-electron chi connectivity index (χ2n) is 6.13. The molecule has 1 aliphatic carbocycles. The number of carbonyl (C=O) groups is 3. The van der Waals surface area contributed by atoms with Crippen molar-refractivity contribution in [3.63, 3.8) is 0 Å². The molecule has 1 heterocycles. The molecule has 0 unspecified atom stereocenters. The van der Waals surface area contributed by atoms with Crippen molar-refractivity contribution in [1.82, 2.24) is 4.90 Å². The minimum absolute atomic E-state index is 0.104. The Hall–Kier alpha value is -1.89. The van der Waals surface area contributed by atoms with E-state index in [2.05, 4.69) is 4.74 Å². The average Bonchev–Trinajstić information content (AvgIpc) is 2.86. The molecule has 1 aliphatic heterocycles. The van der Waals surface area contributed by atoms with Gasteiger partial charge in [0.15, 0.2) is 5.78 Å². The van der Waals surface area contributed by atoms with Gasteiger partial charge in [0.25, 0.3) is 0 Å². The number of fused-ring (bicyclic) bond motifs is 1. The van der Waals surface area contributed by atoms with Crippen molar-refractivity contribution in [2.45, 2.75) is 25.9 Å². The van der Waals surface area contributed by atoms with Crippen LogP contribution in [0, 0.1) is 11.3 Å². The van der Waals surface area contributed by atoms with E-state index in [0.29, 0.717) is 5.70 Å². The van der Waals surface area contributed by atoms with Crippen molar-refractivity contribution in [2.24, 2.45) is 11.3 Å². The van der Waals surface area contributed by atoms with Gasteiger partial charge in [-0.05, 0) is 13.8 Å². The Kier molecular flexibility index (Phi) is 4.04. The number of nitrogens with zero attached hydrogens (tertiary/aromatic N) is 1. The van der Waals surface area contributed by atoms with Crippen LogP contribution in [0.15, 0.2) is 11.8 Å². The Morgan fingerprint density at radius 2 is 2.00 bits per heavy atom. The van der Waals surface area contributed by atoms with E-state index in [0.717, 1.165) is 0 Å². The van der Waals surface area contributed by atoms with E-state index in [1.807, 2.05) is 0 Å². The van der Waals surface area contributed by atoms with Gasteiger partial charge >= 0.3 is 11.9 Å².